The number of thioether (sulfide) groups is 1. The number of rotatable bonds is 4. The van der Waals surface area contributed by atoms with Crippen molar-refractivity contribution < 1.29 is 14.7 Å². The van der Waals surface area contributed by atoms with Gasteiger partial charge in [-0.15, -0.1) is 0 Å². The molecule has 0 bridgehead atoms. The lowest BCUT2D eigenvalue weighted by Crippen LogP contribution is -2.24. The van der Waals surface area contributed by atoms with Gasteiger partial charge in [-0.1, -0.05) is 48.2 Å². The molecule has 7 heteroatoms. The van der Waals surface area contributed by atoms with Crippen LogP contribution in [0.15, 0.2) is 64.7 Å². The Bertz CT molecular complexity index is 834. The van der Waals surface area contributed by atoms with E-state index in [-0.39, 0.29) is 17.2 Å². The molecule has 1 aliphatic heterocycles. The minimum Gasteiger partial charge on any atom is -0.478 e. The van der Waals surface area contributed by atoms with Crippen LogP contribution in [-0.2, 0) is 4.79 Å². The van der Waals surface area contributed by atoms with Crippen LogP contribution in [0.5, 0.6) is 0 Å². The Morgan fingerprint density at radius 2 is 1.83 bits per heavy atom. The number of hydrazone groups is 1. The third-order valence-corrected chi connectivity index (χ3v) is 4.14. The van der Waals surface area contributed by atoms with E-state index in [0.717, 1.165) is 5.69 Å². The normalized spacial score (nSPS) is 16.2. The first-order chi connectivity index (χ1) is 11.6. The number of hydrogen-bond donors (Lipinski definition) is 1. The van der Waals surface area contributed by atoms with Crippen LogP contribution in [0, 0.1) is 0 Å². The van der Waals surface area contributed by atoms with Gasteiger partial charge in [0.15, 0.2) is 5.17 Å². The highest BCUT2D eigenvalue weighted by atomic mass is 32.2. The van der Waals surface area contributed by atoms with Gasteiger partial charge < -0.3 is 5.11 Å². The largest absolute Gasteiger partial charge is 0.478 e. The summed E-state index contributed by atoms with van der Waals surface area (Å²) < 4.78 is 0. The van der Waals surface area contributed by atoms with E-state index in [4.69, 9.17) is 0 Å². The van der Waals surface area contributed by atoms with Gasteiger partial charge in [0.2, 0.25) is 0 Å². The van der Waals surface area contributed by atoms with Crippen LogP contribution in [0.25, 0.3) is 0 Å². The summed E-state index contributed by atoms with van der Waals surface area (Å²) in [7, 11) is 0. The molecule has 0 aliphatic carbocycles. The summed E-state index contributed by atoms with van der Waals surface area (Å²) in [6.07, 6.45) is 1.37. The van der Waals surface area contributed by atoms with Gasteiger partial charge in [0.25, 0.3) is 5.91 Å². The van der Waals surface area contributed by atoms with Crippen molar-refractivity contribution in [3.63, 3.8) is 0 Å². The van der Waals surface area contributed by atoms with Gasteiger partial charge in [0.1, 0.15) is 0 Å². The molecule has 24 heavy (non-hydrogen) atoms. The number of amidine groups is 1. The summed E-state index contributed by atoms with van der Waals surface area (Å²) in [5, 5.41) is 15.0. The predicted molar refractivity (Wildman–Crippen MR) is 93.8 cm³/mol. The van der Waals surface area contributed by atoms with Gasteiger partial charge in [0.05, 0.1) is 23.2 Å². The van der Waals surface area contributed by atoms with Crippen LogP contribution >= 0.6 is 11.8 Å². The first-order valence-corrected chi connectivity index (χ1v) is 8.09. The van der Waals surface area contributed by atoms with Crippen molar-refractivity contribution in [2.24, 2.45) is 10.1 Å². The maximum Gasteiger partial charge on any atom is 0.336 e. The van der Waals surface area contributed by atoms with E-state index in [9.17, 15) is 14.7 Å². The smallest absolute Gasteiger partial charge is 0.336 e. The van der Waals surface area contributed by atoms with Crippen LogP contribution in [0.4, 0.5) is 5.69 Å². The molecule has 1 aliphatic rings. The maximum atomic E-state index is 12.0. The first-order valence-electron chi connectivity index (χ1n) is 7.11. The molecular formula is C17H13N3O3S. The molecule has 1 saturated heterocycles. The Kier molecular flexibility index (Phi) is 4.72. The van der Waals surface area contributed by atoms with Gasteiger partial charge in [-0.25, -0.2) is 9.79 Å². The summed E-state index contributed by atoms with van der Waals surface area (Å²) in [6.45, 7) is 0. The van der Waals surface area contributed by atoms with Crippen LogP contribution in [0.1, 0.15) is 15.9 Å². The molecule has 0 atom stereocenters. The molecule has 0 unspecified atom stereocenters. The molecule has 0 aromatic heterocycles. The number of aromatic carboxylic acids is 1. The topological polar surface area (TPSA) is 82.3 Å². The van der Waals surface area contributed by atoms with Gasteiger partial charge in [-0.05, 0) is 18.2 Å². The highest BCUT2D eigenvalue weighted by Gasteiger charge is 2.28. The number of carboxylic acid groups (broad SMARTS) is 1. The number of benzene rings is 2. The van der Waals surface area contributed by atoms with E-state index in [1.165, 1.54) is 29.1 Å². The minimum atomic E-state index is -1.04. The van der Waals surface area contributed by atoms with Gasteiger partial charge in [-0.3, -0.25) is 4.79 Å². The Labute approximate surface area is 142 Å². The lowest BCUT2D eigenvalue weighted by atomic mass is 10.1. The van der Waals surface area contributed by atoms with Gasteiger partial charge in [-0.2, -0.15) is 10.1 Å². The summed E-state index contributed by atoms with van der Waals surface area (Å²) in [5.41, 5.74) is 1.27. The van der Waals surface area contributed by atoms with Crippen LogP contribution in [-0.4, -0.2) is 39.1 Å². The molecule has 1 fully saturated rings. The van der Waals surface area contributed by atoms with Crippen molar-refractivity contribution in [1.82, 2.24) is 5.01 Å². The number of aliphatic imine (C=N–C) groups is 1. The van der Waals surface area contributed by atoms with Crippen molar-refractivity contribution in [3.8, 4) is 0 Å². The van der Waals surface area contributed by atoms with E-state index >= 15 is 0 Å². The molecule has 0 saturated carbocycles. The molecule has 6 nitrogen and oxygen atoms in total. The van der Waals surface area contributed by atoms with Crippen LogP contribution < -0.4 is 0 Å². The average molecular weight is 339 g/mol. The number of nitrogens with zero attached hydrogens (tertiary/aromatic N) is 3. The quantitative estimate of drug-likeness (QED) is 0.868. The third kappa shape index (κ3) is 3.52. The zero-order valence-electron chi connectivity index (χ0n) is 12.5. The van der Waals surface area contributed by atoms with E-state index in [2.05, 4.69) is 10.1 Å². The lowest BCUT2D eigenvalue weighted by Gasteiger charge is -2.09. The highest BCUT2D eigenvalue weighted by Crippen LogP contribution is 2.23. The number of para-hydroxylation sites is 1. The van der Waals surface area contributed by atoms with E-state index in [0.29, 0.717) is 10.7 Å². The molecule has 0 spiro atoms. The fourth-order valence-corrected chi connectivity index (χ4v) is 2.90. The van der Waals surface area contributed by atoms with Crippen molar-refractivity contribution in [1.29, 1.82) is 0 Å². The fourth-order valence-electron chi connectivity index (χ4n) is 2.09. The van der Waals surface area contributed by atoms with E-state index < -0.39 is 5.97 Å². The van der Waals surface area contributed by atoms with Gasteiger partial charge in [0, 0.05) is 5.56 Å². The second-order valence-electron chi connectivity index (χ2n) is 4.86. The summed E-state index contributed by atoms with van der Waals surface area (Å²) in [5.74, 6) is -0.986. The molecule has 120 valence electrons. The van der Waals surface area contributed by atoms with E-state index in [1.807, 2.05) is 30.3 Å². The van der Waals surface area contributed by atoms with Crippen molar-refractivity contribution in [2.75, 3.05) is 5.75 Å². The van der Waals surface area contributed by atoms with Crippen LogP contribution in [0.2, 0.25) is 0 Å². The van der Waals surface area contributed by atoms with Crippen molar-refractivity contribution >= 4 is 40.7 Å². The standard InChI is InChI=1S/C17H13N3O3S/c21-15-11-24-17(19-13-7-2-1-3-8-13)20(15)18-10-12-6-4-5-9-14(12)16(22)23/h1-10H,11H2,(H,22,23)/b18-10-,19-17?. The first kappa shape index (κ1) is 15.9. The fraction of sp³-hybridized carbons (Fsp3) is 0.0588. The number of carboxylic acids is 1. The monoisotopic (exact) mass is 339 g/mol. The third-order valence-electron chi connectivity index (χ3n) is 3.23. The molecule has 3 rings (SSSR count). The number of hydrogen-bond acceptors (Lipinski definition) is 5. The second kappa shape index (κ2) is 7.10. The molecule has 0 radical (unpaired) electrons. The summed E-state index contributed by atoms with van der Waals surface area (Å²) in [6, 6.07) is 15.7. The maximum absolute atomic E-state index is 12.0. The zero-order chi connectivity index (χ0) is 16.9. The Hall–Kier alpha value is -2.93. The second-order valence-corrected chi connectivity index (χ2v) is 5.80. The molecule has 1 heterocycles. The minimum absolute atomic E-state index is 0.127. The van der Waals surface area contributed by atoms with Crippen molar-refractivity contribution in [3.05, 3.63) is 65.7 Å². The summed E-state index contributed by atoms with van der Waals surface area (Å²) in [4.78, 5) is 27.6. The number of carbonyl (C=O) groups is 2. The molecule has 2 aromatic carbocycles. The lowest BCUT2D eigenvalue weighted by molar-refractivity contribution is -0.124. The Balaban J connectivity index is 1.89. The molecular weight excluding hydrogens is 326 g/mol. The SMILES string of the molecule is O=C(O)c1ccccc1/C=N\N1C(=O)CSC1=Nc1ccccc1. The molecule has 2 aromatic rings. The van der Waals surface area contributed by atoms with Gasteiger partial charge >= 0.3 is 5.97 Å². The van der Waals surface area contributed by atoms with E-state index in [1.54, 1.807) is 18.2 Å². The number of carbonyl (C=O) groups excluding carboxylic acids is 1. The molecule has 1 N–H and O–H groups in total. The van der Waals surface area contributed by atoms with Crippen molar-refractivity contribution in [2.45, 2.75) is 0 Å². The Morgan fingerprint density at radius 1 is 1.12 bits per heavy atom. The Morgan fingerprint density at radius 3 is 2.58 bits per heavy atom. The predicted octanol–water partition coefficient (Wildman–Crippen LogP) is 2.98. The molecule has 1 amide bonds. The zero-order valence-corrected chi connectivity index (χ0v) is 13.3. The average Bonchev–Trinajstić information content (AvgIpc) is 2.94. The highest BCUT2D eigenvalue weighted by molar-refractivity contribution is 8.15. The summed E-state index contributed by atoms with van der Waals surface area (Å²) >= 11 is 1.30. The van der Waals surface area contributed by atoms with Crippen LogP contribution in [0.3, 0.4) is 0 Å². The number of amides is 1.